The predicted molar refractivity (Wildman–Crippen MR) is 89.3 cm³/mol. The van der Waals surface area contributed by atoms with Gasteiger partial charge in [0.25, 0.3) is 0 Å². The largest absolute Gasteiger partial charge is 0.493 e. The Hall–Kier alpha value is -2.38. The first-order valence-electron chi connectivity index (χ1n) is 7.58. The molecular weight excluding hydrogens is 312 g/mol. The summed E-state index contributed by atoms with van der Waals surface area (Å²) in [5.41, 5.74) is 3.22. The topological polar surface area (TPSA) is 78.4 Å². The molecule has 1 aliphatic heterocycles. The molecule has 0 radical (unpaired) electrons. The maximum Gasteiger partial charge on any atom is 0.245 e. The van der Waals surface area contributed by atoms with Gasteiger partial charge < -0.3 is 18.9 Å². The smallest absolute Gasteiger partial charge is 0.245 e. The monoisotopic (exact) mass is 334 g/mol. The highest BCUT2D eigenvalue weighted by Crippen LogP contribution is 2.27. The Balaban J connectivity index is 1.91. The number of hydrogen-bond acceptors (Lipinski definition) is 6. The maximum absolute atomic E-state index is 11.9. The molecule has 0 bridgehead atoms. The number of nitrogens with one attached hydrogen (secondary N) is 1. The van der Waals surface area contributed by atoms with E-state index in [0.29, 0.717) is 31.3 Å². The van der Waals surface area contributed by atoms with Crippen LogP contribution in [0.25, 0.3) is 0 Å². The molecule has 1 amide bonds. The van der Waals surface area contributed by atoms with Gasteiger partial charge in [0.05, 0.1) is 33.0 Å². The Morgan fingerprint density at radius 3 is 2.83 bits per heavy atom. The normalized spacial score (nSPS) is 16.1. The highest BCUT2D eigenvalue weighted by molar-refractivity contribution is 5.83. The van der Waals surface area contributed by atoms with Gasteiger partial charge in [0.15, 0.2) is 17.3 Å². The second-order valence-electron chi connectivity index (χ2n) is 5.31. The Morgan fingerprint density at radius 2 is 2.17 bits per heavy atom. The summed E-state index contributed by atoms with van der Waals surface area (Å²) in [5.74, 6) is 0.0375. The number of nitrogens with zero attached hydrogens (tertiary/aromatic N) is 1. The van der Waals surface area contributed by atoms with E-state index in [9.17, 15) is 4.79 Å². The molecule has 1 aliphatic rings. The molecule has 0 atom stereocenters. The molecule has 1 fully saturated rings. The zero-order valence-electron chi connectivity index (χ0n) is 13.9. The lowest BCUT2D eigenvalue weighted by molar-refractivity contribution is -0.159. The quantitative estimate of drug-likeness (QED) is 0.446. The first-order valence-corrected chi connectivity index (χ1v) is 7.58. The van der Waals surface area contributed by atoms with Crippen LogP contribution in [-0.2, 0) is 14.3 Å². The number of hydrogen-bond donors (Lipinski definition) is 1. The minimum Gasteiger partial charge on any atom is -0.493 e. The summed E-state index contributed by atoms with van der Waals surface area (Å²) in [6.45, 7) is 6.71. The highest BCUT2D eigenvalue weighted by Gasteiger charge is 2.33. The molecule has 1 heterocycles. The Morgan fingerprint density at radius 1 is 1.42 bits per heavy atom. The molecule has 7 nitrogen and oxygen atoms in total. The third-order valence-corrected chi connectivity index (χ3v) is 3.33. The lowest BCUT2D eigenvalue weighted by atomic mass is 10.2. The molecule has 1 N–H and O–H groups in total. The van der Waals surface area contributed by atoms with Crippen molar-refractivity contribution in [3.8, 4) is 11.5 Å². The molecule has 0 aromatic heterocycles. The first kappa shape index (κ1) is 18.0. The third kappa shape index (κ3) is 5.07. The van der Waals surface area contributed by atoms with Crippen molar-refractivity contribution in [1.82, 2.24) is 5.43 Å². The minimum atomic E-state index is -0.868. The van der Waals surface area contributed by atoms with Crippen molar-refractivity contribution in [2.75, 3.05) is 26.9 Å². The lowest BCUT2D eigenvalue weighted by Crippen LogP contribution is -2.33. The van der Waals surface area contributed by atoms with Crippen LogP contribution in [0.3, 0.4) is 0 Å². The summed E-state index contributed by atoms with van der Waals surface area (Å²) in [6.07, 6.45) is 3.26. The summed E-state index contributed by atoms with van der Waals surface area (Å²) in [4.78, 5) is 11.9. The molecule has 0 spiro atoms. The van der Waals surface area contributed by atoms with Crippen LogP contribution in [0.5, 0.6) is 11.5 Å². The molecule has 0 saturated carbocycles. The van der Waals surface area contributed by atoms with E-state index >= 15 is 0 Å². The van der Waals surface area contributed by atoms with E-state index in [1.54, 1.807) is 38.3 Å². The predicted octanol–water partition coefficient (Wildman–Crippen LogP) is 1.86. The van der Waals surface area contributed by atoms with Crippen molar-refractivity contribution in [1.29, 1.82) is 0 Å². The van der Waals surface area contributed by atoms with Crippen LogP contribution in [0.4, 0.5) is 0 Å². The van der Waals surface area contributed by atoms with Gasteiger partial charge in [0.2, 0.25) is 5.91 Å². The highest BCUT2D eigenvalue weighted by atomic mass is 16.7. The number of hydrazone groups is 1. The molecule has 1 aromatic rings. The van der Waals surface area contributed by atoms with Gasteiger partial charge in [-0.2, -0.15) is 5.10 Å². The van der Waals surface area contributed by atoms with E-state index in [1.807, 2.05) is 0 Å². The Labute approximate surface area is 141 Å². The summed E-state index contributed by atoms with van der Waals surface area (Å²) >= 11 is 0. The molecule has 2 rings (SSSR count). The Bertz CT molecular complexity index is 609. The van der Waals surface area contributed by atoms with Crippen molar-refractivity contribution in [3.63, 3.8) is 0 Å². The van der Waals surface area contributed by atoms with E-state index in [1.165, 1.54) is 6.21 Å². The second kappa shape index (κ2) is 8.47. The summed E-state index contributed by atoms with van der Waals surface area (Å²) < 4.78 is 21.5. The third-order valence-electron chi connectivity index (χ3n) is 3.33. The average Bonchev–Trinajstić information content (AvgIpc) is 2.99. The van der Waals surface area contributed by atoms with Crippen LogP contribution in [0.1, 0.15) is 18.9 Å². The van der Waals surface area contributed by atoms with Crippen molar-refractivity contribution in [2.24, 2.45) is 5.10 Å². The van der Waals surface area contributed by atoms with E-state index in [0.717, 1.165) is 5.56 Å². The Kier molecular flexibility index (Phi) is 6.34. The van der Waals surface area contributed by atoms with Gasteiger partial charge in [-0.25, -0.2) is 5.43 Å². The number of amides is 1. The molecule has 1 saturated heterocycles. The summed E-state index contributed by atoms with van der Waals surface area (Å²) in [6, 6.07) is 5.34. The van der Waals surface area contributed by atoms with Gasteiger partial charge in [0, 0.05) is 0 Å². The summed E-state index contributed by atoms with van der Waals surface area (Å²) in [7, 11) is 1.56. The minimum absolute atomic E-state index is 0.0853. The fourth-order valence-electron chi connectivity index (χ4n) is 2.20. The fraction of sp³-hybridized carbons (Fsp3) is 0.412. The zero-order valence-corrected chi connectivity index (χ0v) is 13.9. The molecule has 24 heavy (non-hydrogen) atoms. The average molecular weight is 334 g/mol. The first-order chi connectivity index (χ1) is 11.6. The van der Waals surface area contributed by atoms with E-state index < -0.39 is 5.79 Å². The van der Waals surface area contributed by atoms with E-state index in [4.69, 9.17) is 18.9 Å². The molecule has 130 valence electrons. The molecule has 1 aromatic carbocycles. The number of carbonyl (C=O) groups excluding carboxylic acids is 1. The molecule has 0 aliphatic carbocycles. The summed E-state index contributed by atoms with van der Waals surface area (Å²) in [5, 5.41) is 3.93. The van der Waals surface area contributed by atoms with Crippen LogP contribution >= 0.6 is 0 Å². The number of ether oxygens (including phenoxy) is 4. The van der Waals surface area contributed by atoms with Crippen LogP contribution < -0.4 is 14.9 Å². The van der Waals surface area contributed by atoms with Crippen LogP contribution in [-0.4, -0.2) is 44.8 Å². The molecule has 7 heteroatoms. The van der Waals surface area contributed by atoms with E-state index in [2.05, 4.69) is 17.1 Å². The SMILES string of the molecule is C=CCOc1ccc(/C=N\NC(=O)CC2(C)OCCO2)cc1OC. The van der Waals surface area contributed by atoms with Crippen molar-refractivity contribution < 1.29 is 23.7 Å². The fourth-order valence-corrected chi connectivity index (χ4v) is 2.20. The van der Waals surface area contributed by atoms with Gasteiger partial charge in [-0.05, 0) is 30.7 Å². The number of methoxy groups -OCH3 is 1. The van der Waals surface area contributed by atoms with Gasteiger partial charge in [-0.3, -0.25) is 4.79 Å². The molecule has 0 unspecified atom stereocenters. The van der Waals surface area contributed by atoms with Gasteiger partial charge in [0.1, 0.15) is 6.61 Å². The van der Waals surface area contributed by atoms with Crippen LogP contribution in [0, 0.1) is 0 Å². The lowest BCUT2D eigenvalue weighted by Gasteiger charge is -2.20. The van der Waals surface area contributed by atoms with Gasteiger partial charge in [-0.1, -0.05) is 12.7 Å². The standard InChI is InChI=1S/C17H22N2O5/c1-4-7-22-14-6-5-13(10-15(14)21-3)12-18-19-16(20)11-17(2)23-8-9-24-17/h4-6,10,12H,1,7-9,11H2,2-3H3,(H,19,20)/b18-12-. The van der Waals surface area contributed by atoms with Gasteiger partial charge in [-0.15, -0.1) is 0 Å². The van der Waals surface area contributed by atoms with Crippen molar-refractivity contribution in [3.05, 3.63) is 36.4 Å². The van der Waals surface area contributed by atoms with Gasteiger partial charge >= 0.3 is 0 Å². The van der Waals surface area contributed by atoms with Crippen LogP contribution in [0.2, 0.25) is 0 Å². The number of benzene rings is 1. The maximum atomic E-state index is 11.9. The number of carbonyl (C=O) groups is 1. The van der Waals surface area contributed by atoms with E-state index in [-0.39, 0.29) is 12.3 Å². The molecular formula is C17H22N2O5. The number of rotatable bonds is 8. The zero-order chi connectivity index (χ0) is 17.4. The van der Waals surface area contributed by atoms with Crippen molar-refractivity contribution in [2.45, 2.75) is 19.1 Å². The second-order valence-corrected chi connectivity index (χ2v) is 5.31. The van der Waals surface area contributed by atoms with Crippen molar-refractivity contribution >= 4 is 12.1 Å². The van der Waals surface area contributed by atoms with Crippen LogP contribution in [0.15, 0.2) is 36.0 Å².